The topological polar surface area (TPSA) is 92.8 Å². The van der Waals surface area contributed by atoms with Crippen molar-refractivity contribution in [1.82, 2.24) is 14.4 Å². The Kier molecular flexibility index (Phi) is 4.62. The predicted molar refractivity (Wildman–Crippen MR) is 110 cm³/mol. The van der Waals surface area contributed by atoms with Gasteiger partial charge in [0, 0.05) is 43.4 Å². The molecule has 0 aromatic carbocycles. The van der Waals surface area contributed by atoms with Crippen molar-refractivity contribution in [3.63, 3.8) is 0 Å². The van der Waals surface area contributed by atoms with E-state index >= 15 is 0 Å². The molecule has 5 heterocycles. The maximum Gasteiger partial charge on any atom is 0.294 e. The molecule has 0 N–H and O–H groups in total. The van der Waals surface area contributed by atoms with E-state index in [2.05, 4.69) is 0 Å². The minimum Gasteiger partial charge on any atom is -0.465 e. The van der Waals surface area contributed by atoms with Gasteiger partial charge >= 0.3 is 0 Å². The standard InChI is InChI=1S/C21H19N3O5S/c25-18-5-1-4-16-14-7-13(10-23(16)18)9-22(11-14)19(26)12-24-20(27)17(30-21(24)28)8-15-3-2-6-29-15/h1-6,8,13-14H,7,9-12H2/t13-,14+/m1/s1. The van der Waals surface area contributed by atoms with Gasteiger partial charge in [0.2, 0.25) is 5.91 Å². The van der Waals surface area contributed by atoms with E-state index in [0.717, 1.165) is 28.8 Å². The second kappa shape index (κ2) is 7.32. The number of amides is 3. The smallest absolute Gasteiger partial charge is 0.294 e. The molecule has 2 aromatic heterocycles. The van der Waals surface area contributed by atoms with Crippen molar-refractivity contribution >= 4 is 34.9 Å². The number of piperidine rings is 1. The van der Waals surface area contributed by atoms with Crippen LogP contribution in [0.15, 0.2) is 50.7 Å². The first kappa shape index (κ1) is 18.9. The highest BCUT2D eigenvalue weighted by Crippen LogP contribution is 2.36. The fourth-order valence-electron chi connectivity index (χ4n) is 4.47. The summed E-state index contributed by atoms with van der Waals surface area (Å²) in [6, 6.07) is 8.63. The number of aromatic nitrogens is 1. The van der Waals surface area contributed by atoms with Gasteiger partial charge < -0.3 is 13.9 Å². The predicted octanol–water partition coefficient (Wildman–Crippen LogP) is 2.12. The number of hydrogen-bond acceptors (Lipinski definition) is 6. The first-order valence-electron chi connectivity index (χ1n) is 9.76. The number of furan rings is 1. The summed E-state index contributed by atoms with van der Waals surface area (Å²) in [7, 11) is 0. The molecular formula is C21H19N3O5S. The van der Waals surface area contributed by atoms with Gasteiger partial charge in [-0.2, -0.15) is 0 Å². The van der Waals surface area contributed by atoms with Gasteiger partial charge in [0.1, 0.15) is 12.3 Å². The van der Waals surface area contributed by atoms with Crippen LogP contribution in [0.1, 0.15) is 23.8 Å². The molecule has 0 unspecified atom stereocenters. The summed E-state index contributed by atoms with van der Waals surface area (Å²) in [4.78, 5) is 53.0. The van der Waals surface area contributed by atoms with Crippen molar-refractivity contribution in [3.05, 3.63) is 63.3 Å². The van der Waals surface area contributed by atoms with Gasteiger partial charge in [0.15, 0.2) is 0 Å². The van der Waals surface area contributed by atoms with E-state index in [1.54, 1.807) is 33.7 Å². The quantitative estimate of drug-likeness (QED) is 0.700. The van der Waals surface area contributed by atoms with Gasteiger partial charge in [-0.05, 0) is 42.3 Å². The lowest BCUT2D eigenvalue weighted by Crippen LogP contribution is -2.51. The molecular weight excluding hydrogens is 406 g/mol. The van der Waals surface area contributed by atoms with Crippen molar-refractivity contribution in [1.29, 1.82) is 0 Å². The highest BCUT2D eigenvalue weighted by atomic mass is 32.2. The van der Waals surface area contributed by atoms with Crippen LogP contribution < -0.4 is 5.56 Å². The summed E-state index contributed by atoms with van der Waals surface area (Å²) in [5, 5.41) is -0.458. The maximum atomic E-state index is 12.9. The summed E-state index contributed by atoms with van der Waals surface area (Å²) < 4.78 is 7.00. The van der Waals surface area contributed by atoms with Gasteiger partial charge in [-0.3, -0.25) is 24.1 Å². The maximum absolute atomic E-state index is 12.9. The molecule has 2 saturated heterocycles. The number of hydrogen-bond donors (Lipinski definition) is 0. The third-order valence-electron chi connectivity index (χ3n) is 5.82. The SMILES string of the molecule is O=C(CN1C(=O)SC(=Cc2ccco2)C1=O)N1C[C@H]2C[C@@H](C1)c1cccc(=O)n1C2. The molecule has 3 amide bonds. The van der Waals surface area contributed by atoms with E-state index in [1.165, 1.54) is 12.3 Å². The van der Waals surface area contributed by atoms with E-state index in [0.29, 0.717) is 25.4 Å². The fourth-order valence-corrected chi connectivity index (χ4v) is 5.29. The Bertz CT molecular complexity index is 1120. The van der Waals surface area contributed by atoms with Gasteiger partial charge in [-0.1, -0.05) is 6.07 Å². The van der Waals surface area contributed by atoms with E-state index < -0.39 is 11.1 Å². The summed E-state index contributed by atoms with van der Waals surface area (Å²) in [5.41, 5.74) is 0.937. The number of thioether (sulfide) groups is 1. The molecule has 9 heteroatoms. The lowest BCUT2D eigenvalue weighted by molar-refractivity contribution is -0.138. The number of fused-ring (bicyclic) bond motifs is 4. The molecule has 0 radical (unpaired) electrons. The summed E-state index contributed by atoms with van der Waals surface area (Å²) in [6.45, 7) is 1.32. The molecule has 8 nitrogen and oxygen atoms in total. The Hall–Kier alpha value is -3.07. The molecule has 3 aliphatic heterocycles. The molecule has 0 aliphatic carbocycles. The van der Waals surface area contributed by atoms with Crippen molar-refractivity contribution in [3.8, 4) is 0 Å². The summed E-state index contributed by atoms with van der Waals surface area (Å²) in [5.74, 6) is 0.0181. The fraction of sp³-hybridized carbons (Fsp3) is 0.333. The van der Waals surface area contributed by atoms with E-state index in [1.807, 2.05) is 6.07 Å². The van der Waals surface area contributed by atoms with Gasteiger partial charge in [-0.15, -0.1) is 0 Å². The minimum atomic E-state index is -0.483. The average Bonchev–Trinajstić information content (AvgIpc) is 3.33. The van der Waals surface area contributed by atoms with Crippen molar-refractivity contribution in [2.75, 3.05) is 19.6 Å². The van der Waals surface area contributed by atoms with Crippen LogP contribution in [0.3, 0.4) is 0 Å². The molecule has 5 rings (SSSR count). The third kappa shape index (κ3) is 3.28. The number of likely N-dealkylation sites (tertiary alicyclic amines) is 1. The van der Waals surface area contributed by atoms with Crippen LogP contribution in [-0.4, -0.2) is 51.1 Å². The van der Waals surface area contributed by atoms with Crippen LogP contribution in [0.25, 0.3) is 6.08 Å². The van der Waals surface area contributed by atoms with Gasteiger partial charge in [0.25, 0.3) is 16.7 Å². The number of carbonyl (C=O) groups excluding carboxylic acids is 3. The molecule has 2 fully saturated rings. The van der Waals surface area contributed by atoms with Crippen LogP contribution in [0, 0.1) is 5.92 Å². The lowest BCUT2D eigenvalue weighted by atomic mass is 9.83. The first-order valence-corrected chi connectivity index (χ1v) is 10.6. The Morgan fingerprint density at radius 2 is 2.00 bits per heavy atom. The van der Waals surface area contributed by atoms with E-state index in [-0.39, 0.29) is 34.8 Å². The molecule has 0 saturated carbocycles. The van der Waals surface area contributed by atoms with Crippen LogP contribution in [0.5, 0.6) is 0 Å². The highest BCUT2D eigenvalue weighted by molar-refractivity contribution is 8.18. The average molecular weight is 425 g/mol. The van der Waals surface area contributed by atoms with E-state index in [9.17, 15) is 19.2 Å². The van der Waals surface area contributed by atoms with Crippen molar-refractivity contribution in [2.24, 2.45) is 5.92 Å². The van der Waals surface area contributed by atoms with Gasteiger partial charge in [0.05, 0.1) is 11.2 Å². The molecule has 3 aliphatic rings. The Morgan fingerprint density at radius 1 is 1.13 bits per heavy atom. The first-order chi connectivity index (χ1) is 14.5. The van der Waals surface area contributed by atoms with E-state index in [4.69, 9.17) is 4.42 Å². The Morgan fingerprint density at radius 3 is 2.80 bits per heavy atom. The molecule has 30 heavy (non-hydrogen) atoms. The molecule has 154 valence electrons. The van der Waals surface area contributed by atoms with Crippen LogP contribution in [0.4, 0.5) is 4.79 Å². The molecule has 2 bridgehead atoms. The Balaban J connectivity index is 1.30. The second-order valence-corrected chi connectivity index (χ2v) is 8.77. The summed E-state index contributed by atoms with van der Waals surface area (Å²) in [6.07, 6.45) is 3.93. The second-order valence-electron chi connectivity index (χ2n) is 7.78. The zero-order chi connectivity index (χ0) is 20.8. The normalized spacial score (nSPS) is 24.5. The van der Waals surface area contributed by atoms with Crippen molar-refractivity contribution in [2.45, 2.75) is 18.9 Å². The lowest BCUT2D eigenvalue weighted by Gasteiger charge is -2.43. The zero-order valence-electron chi connectivity index (χ0n) is 16.0. The Labute approximate surface area is 176 Å². The number of nitrogens with zero attached hydrogens (tertiary/aromatic N) is 3. The summed E-state index contributed by atoms with van der Waals surface area (Å²) >= 11 is 0.807. The molecule has 2 atom stereocenters. The monoisotopic (exact) mass is 425 g/mol. The third-order valence-corrected chi connectivity index (χ3v) is 6.72. The molecule has 2 aromatic rings. The van der Waals surface area contributed by atoms with Gasteiger partial charge in [-0.25, -0.2) is 0 Å². The zero-order valence-corrected chi connectivity index (χ0v) is 16.8. The van der Waals surface area contributed by atoms with Crippen LogP contribution in [-0.2, 0) is 16.1 Å². The number of carbonyl (C=O) groups is 3. The largest absolute Gasteiger partial charge is 0.465 e. The molecule has 0 spiro atoms. The van der Waals surface area contributed by atoms with Crippen molar-refractivity contribution < 1.29 is 18.8 Å². The minimum absolute atomic E-state index is 0.0110. The van der Waals surface area contributed by atoms with Crippen LogP contribution in [0.2, 0.25) is 0 Å². The van der Waals surface area contributed by atoms with Crippen LogP contribution >= 0.6 is 11.8 Å². The number of pyridine rings is 1. The number of rotatable bonds is 3. The highest BCUT2D eigenvalue weighted by Gasteiger charge is 2.40. The number of imide groups is 1.